The van der Waals surface area contributed by atoms with Crippen molar-refractivity contribution in [1.82, 2.24) is 0 Å². The van der Waals surface area contributed by atoms with Crippen LogP contribution < -0.4 is 0 Å². The van der Waals surface area contributed by atoms with Crippen LogP contribution in [0.1, 0.15) is 125 Å². The van der Waals surface area contributed by atoms with Crippen LogP contribution in [0.15, 0.2) is 35.5 Å². The van der Waals surface area contributed by atoms with Gasteiger partial charge in [-0.3, -0.25) is 14.4 Å². The Morgan fingerprint density at radius 3 is 0.550 bits per heavy atom. The van der Waals surface area contributed by atoms with Crippen molar-refractivity contribution in [3.63, 3.8) is 0 Å². The van der Waals surface area contributed by atoms with Crippen molar-refractivity contribution in [3.05, 3.63) is 35.5 Å². The summed E-state index contributed by atoms with van der Waals surface area (Å²) >= 11 is 0. The zero-order chi connectivity index (χ0) is 32.6. The van der Waals surface area contributed by atoms with Crippen molar-refractivity contribution in [1.29, 1.82) is 0 Å². The summed E-state index contributed by atoms with van der Waals surface area (Å²) in [7, 11) is 0. The average Bonchev–Trinajstić information content (AvgIpc) is 2.64. The van der Waals surface area contributed by atoms with E-state index in [9.17, 15) is 29.7 Å². The van der Waals surface area contributed by atoms with Gasteiger partial charge in [-0.2, -0.15) is 0 Å². The summed E-state index contributed by atoms with van der Waals surface area (Å²) in [6.07, 6.45) is 4.00. The minimum absolute atomic E-state index is 0. The summed E-state index contributed by atoms with van der Waals surface area (Å²) in [4.78, 5) is 34.5. The molecule has 0 saturated carbocycles. The van der Waals surface area contributed by atoms with Crippen LogP contribution >= 0.6 is 0 Å². The third-order valence-corrected chi connectivity index (χ3v) is 5.33. The smallest absolute Gasteiger partial charge is 0.164 e. The summed E-state index contributed by atoms with van der Waals surface area (Å²) in [6, 6.07) is 0. The first-order valence-corrected chi connectivity index (χ1v) is 13.5. The second-order valence-corrected chi connectivity index (χ2v) is 16.2. The predicted molar refractivity (Wildman–Crippen MR) is 164 cm³/mol. The second kappa shape index (κ2) is 16.0. The summed E-state index contributed by atoms with van der Waals surface area (Å²) in [5.41, 5.74) is -2.29. The molecule has 0 unspecified atom stereocenters. The van der Waals surface area contributed by atoms with Crippen LogP contribution in [0, 0.1) is 32.5 Å². The standard InChI is InChI=1S/3C11H20O2.Cr/c3*1-10(2,3)8(12)7-9(13)11(4,5)6;/h3*7,12H,1-6H3;/b2*8-7+;;. The SMILES string of the molecule is CC(C)(C)C(=O)/C=C(/O)C(C)(C)C.CC(C)(C)C(=O)/C=C(/O)C(C)(C)C.CC(C)(C)C(=O)C=C(O)C(C)(C)C.[Cr]. The van der Waals surface area contributed by atoms with Crippen molar-refractivity contribution in [2.75, 3.05) is 0 Å². The third kappa shape index (κ3) is 21.0. The molecule has 0 spiro atoms. The van der Waals surface area contributed by atoms with E-state index in [1.54, 1.807) is 0 Å². The molecule has 0 aromatic carbocycles. The summed E-state index contributed by atoms with van der Waals surface area (Å²) in [5.74, 6) is 0.312. The maximum Gasteiger partial charge on any atom is 0.164 e. The molecule has 0 fully saturated rings. The number of aliphatic hydroxyl groups excluding tert-OH is 3. The molecule has 0 rings (SSSR count). The van der Waals surface area contributed by atoms with E-state index in [1.807, 2.05) is 125 Å². The Bertz CT molecular complexity index is 801. The van der Waals surface area contributed by atoms with E-state index < -0.39 is 16.2 Å². The van der Waals surface area contributed by atoms with Gasteiger partial charge < -0.3 is 15.3 Å². The number of hydrogen-bond donors (Lipinski definition) is 3. The van der Waals surface area contributed by atoms with E-state index in [0.717, 1.165) is 0 Å². The Kier molecular flexibility index (Phi) is 18.0. The third-order valence-electron chi connectivity index (χ3n) is 5.33. The van der Waals surface area contributed by atoms with Gasteiger partial charge in [-0.1, -0.05) is 125 Å². The van der Waals surface area contributed by atoms with E-state index >= 15 is 0 Å². The van der Waals surface area contributed by atoms with Crippen LogP contribution in [0.2, 0.25) is 0 Å². The van der Waals surface area contributed by atoms with E-state index in [-0.39, 0.29) is 68.2 Å². The molecule has 0 atom stereocenters. The molecule has 0 radical (unpaired) electrons. The van der Waals surface area contributed by atoms with Gasteiger partial charge in [-0.15, -0.1) is 0 Å². The van der Waals surface area contributed by atoms with Gasteiger partial charge in [0, 0.05) is 68.1 Å². The van der Waals surface area contributed by atoms with Gasteiger partial charge in [-0.25, -0.2) is 0 Å². The Morgan fingerprint density at radius 1 is 0.350 bits per heavy atom. The Balaban J connectivity index is -0.000000240. The van der Waals surface area contributed by atoms with Crippen molar-refractivity contribution >= 4 is 17.3 Å². The van der Waals surface area contributed by atoms with Crippen LogP contribution in [0.4, 0.5) is 0 Å². The number of aliphatic hydroxyl groups is 3. The molecule has 7 heteroatoms. The first-order valence-electron chi connectivity index (χ1n) is 13.5. The molecule has 234 valence electrons. The number of ketones is 3. The number of allylic oxidation sites excluding steroid dienone is 6. The minimum Gasteiger partial charge on any atom is -0.512 e. The fourth-order valence-corrected chi connectivity index (χ4v) is 1.67. The number of hydrogen-bond acceptors (Lipinski definition) is 6. The Hall–Kier alpha value is -1.84. The van der Waals surface area contributed by atoms with Gasteiger partial charge in [0.2, 0.25) is 0 Å². The summed E-state index contributed by atoms with van der Waals surface area (Å²) < 4.78 is 0. The van der Waals surface area contributed by atoms with Crippen LogP contribution in [0.5, 0.6) is 0 Å². The monoisotopic (exact) mass is 604 g/mol. The molecule has 0 amide bonds. The first-order chi connectivity index (χ1) is 16.6. The zero-order valence-electron chi connectivity index (χ0n) is 28.7. The van der Waals surface area contributed by atoms with Crippen molar-refractivity contribution in [2.24, 2.45) is 32.5 Å². The largest absolute Gasteiger partial charge is 0.512 e. The van der Waals surface area contributed by atoms with Crippen LogP contribution in [0.3, 0.4) is 0 Å². The maximum atomic E-state index is 11.5. The molecule has 6 nitrogen and oxygen atoms in total. The van der Waals surface area contributed by atoms with Crippen LogP contribution in [-0.2, 0) is 31.7 Å². The van der Waals surface area contributed by atoms with Gasteiger partial charge in [0.05, 0.1) is 0 Å². The Labute approximate surface area is 256 Å². The van der Waals surface area contributed by atoms with E-state index in [2.05, 4.69) is 0 Å². The normalized spacial score (nSPS) is 14.1. The zero-order valence-corrected chi connectivity index (χ0v) is 30.0. The molecule has 0 aromatic rings. The number of carbonyl (C=O) groups excluding carboxylic acids is 3. The van der Waals surface area contributed by atoms with E-state index in [4.69, 9.17) is 0 Å². The fraction of sp³-hybridized carbons (Fsp3) is 0.727. The molecule has 3 N–H and O–H groups in total. The summed E-state index contributed by atoms with van der Waals surface area (Å²) in [6.45, 7) is 33.3. The molecule has 40 heavy (non-hydrogen) atoms. The van der Waals surface area contributed by atoms with Crippen molar-refractivity contribution in [3.8, 4) is 0 Å². The van der Waals surface area contributed by atoms with Crippen LogP contribution in [0.25, 0.3) is 0 Å². The number of carbonyl (C=O) groups is 3. The van der Waals surface area contributed by atoms with E-state index in [1.165, 1.54) is 18.2 Å². The quantitative estimate of drug-likeness (QED) is 0.219. The average molecular weight is 605 g/mol. The van der Waals surface area contributed by atoms with E-state index in [0.29, 0.717) is 0 Å². The van der Waals surface area contributed by atoms with Gasteiger partial charge in [-0.05, 0) is 0 Å². The predicted octanol–water partition coefficient (Wildman–Crippen LogP) is 9.27. The Morgan fingerprint density at radius 2 is 0.475 bits per heavy atom. The van der Waals surface area contributed by atoms with Crippen LogP contribution in [-0.4, -0.2) is 32.7 Å². The molecule has 0 aromatic heterocycles. The molecule has 0 aliphatic rings. The molecular formula is C33H60CrO6. The molecule has 0 aliphatic heterocycles. The molecular weight excluding hydrogens is 544 g/mol. The number of rotatable bonds is 3. The fourth-order valence-electron chi connectivity index (χ4n) is 1.67. The van der Waals surface area contributed by atoms with Gasteiger partial charge in [0.25, 0.3) is 0 Å². The van der Waals surface area contributed by atoms with Gasteiger partial charge in [0.15, 0.2) is 17.3 Å². The summed E-state index contributed by atoms with van der Waals surface area (Å²) in [5, 5.41) is 28.7. The van der Waals surface area contributed by atoms with Gasteiger partial charge >= 0.3 is 0 Å². The molecule has 0 bridgehead atoms. The molecule has 0 heterocycles. The molecule has 0 saturated heterocycles. The van der Waals surface area contributed by atoms with Crippen molar-refractivity contribution in [2.45, 2.75) is 125 Å². The van der Waals surface area contributed by atoms with Gasteiger partial charge in [0.1, 0.15) is 17.3 Å². The second-order valence-electron chi connectivity index (χ2n) is 16.2. The maximum absolute atomic E-state index is 11.5. The first kappa shape index (κ1) is 45.2. The topological polar surface area (TPSA) is 112 Å². The van der Waals surface area contributed by atoms with Crippen molar-refractivity contribution < 1.29 is 47.1 Å². The minimum atomic E-state index is -0.417. The molecule has 0 aliphatic carbocycles.